The summed E-state index contributed by atoms with van der Waals surface area (Å²) in [7, 11) is 0. The summed E-state index contributed by atoms with van der Waals surface area (Å²) in [6.07, 6.45) is 3.30. The minimum atomic E-state index is -0.455. The van der Waals surface area contributed by atoms with Crippen molar-refractivity contribution in [1.29, 1.82) is 5.26 Å². The molecule has 0 unspecified atom stereocenters. The first kappa shape index (κ1) is 21.7. The van der Waals surface area contributed by atoms with Crippen LogP contribution in [0.2, 0.25) is 0 Å². The Kier molecular flexibility index (Phi) is 5.56. The molecular weight excluding hydrogens is 430 g/mol. The Balaban J connectivity index is 1.86. The van der Waals surface area contributed by atoms with Crippen molar-refractivity contribution in [2.75, 3.05) is 6.61 Å². The molecule has 1 aliphatic heterocycles. The number of hydrogen-bond donors (Lipinski definition) is 0. The summed E-state index contributed by atoms with van der Waals surface area (Å²) in [5.41, 5.74) is 3.02. The summed E-state index contributed by atoms with van der Waals surface area (Å²) in [5.74, 6) is -0.455. The molecule has 0 N–H and O–H groups in total. The van der Waals surface area contributed by atoms with Gasteiger partial charge in [0.2, 0.25) is 0 Å². The van der Waals surface area contributed by atoms with E-state index < -0.39 is 5.91 Å². The molecule has 1 aliphatic rings. The number of nitrogens with zero attached hydrogens (tertiary/aromatic N) is 5. The average Bonchev–Trinajstić information content (AvgIpc) is 3.35. The highest BCUT2D eigenvalue weighted by Gasteiger charge is 2.21. The zero-order valence-corrected chi connectivity index (χ0v) is 19.0. The molecule has 1 fully saturated rings. The Morgan fingerprint density at radius 1 is 1.21 bits per heavy atom. The van der Waals surface area contributed by atoms with Crippen molar-refractivity contribution in [2.24, 2.45) is 4.99 Å². The summed E-state index contributed by atoms with van der Waals surface area (Å²) >= 11 is 0. The molecule has 4 aromatic rings. The largest absolute Gasteiger partial charge is 0.376 e. The predicted octanol–water partition coefficient (Wildman–Crippen LogP) is 3.06. The number of fused-ring (bicyclic) bond motifs is 2. The number of aromatic nitrogens is 3. The summed E-state index contributed by atoms with van der Waals surface area (Å²) < 4.78 is 9.02. The van der Waals surface area contributed by atoms with Crippen LogP contribution in [0.15, 0.2) is 58.4 Å². The molecule has 1 saturated heterocycles. The Labute approximate surface area is 195 Å². The van der Waals surface area contributed by atoms with Gasteiger partial charge in [0.25, 0.3) is 11.5 Å². The van der Waals surface area contributed by atoms with Crippen molar-refractivity contribution in [3.8, 4) is 6.07 Å². The lowest BCUT2D eigenvalue weighted by molar-refractivity contribution is 0.0952. The van der Waals surface area contributed by atoms with Crippen molar-refractivity contribution in [2.45, 2.75) is 39.3 Å². The number of ether oxygens (including phenoxy) is 1. The standard InChI is InChI=1S/C26H23N5O3/c1-16-7-3-4-10-20(16)25(32)29-23-18(14-27)13-21-24(31(23)15-19-9-6-12-34-19)28-22-17(2)8-5-11-30(22)26(21)33/h3-5,7-8,10-11,13,19H,6,9,12,15H2,1-2H3/t19-/m1/s1. The molecule has 34 heavy (non-hydrogen) atoms. The van der Waals surface area contributed by atoms with Gasteiger partial charge in [0.1, 0.15) is 17.4 Å². The summed E-state index contributed by atoms with van der Waals surface area (Å²) in [5, 5.41) is 10.2. The number of pyridine rings is 2. The first-order valence-corrected chi connectivity index (χ1v) is 11.2. The molecule has 0 bridgehead atoms. The van der Waals surface area contributed by atoms with Crippen molar-refractivity contribution >= 4 is 22.6 Å². The van der Waals surface area contributed by atoms with Crippen LogP contribution in [0.1, 0.15) is 39.9 Å². The number of benzene rings is 1. The second kappa shape index (κ2) is 8.69. The maximum Gasteiger partial charge on any atom is 0.279 e. The number of carbonyl (C=O) groups is 1. The van der Waals surface area contributed by atoms with E-state index in [2.05, 4.69) is 11.1 Å². The first-order valence-electron chi connectivity index (χ1n) is 11.2. The summed E-state index contributed by atoms with van der Waals surface area (Å²) in [4.78, 5) is 35.7. The Hall–Kier alpha value is -4.09. The number of carbonyl (C=O) groups excluding carboxylic acids is 1. The molecule has 0 radical (unpaired) electrons. The SMILES string of the molecule is Cc1ccccc1C(=O)N=c1c(C#N)cc2c(=O)n3cccc(C)c3nc2n1C[C@H]1CCCO1. The van der Waals surface area contributed by atoms with E-state index in [4.69, 9.17) is 9.72 Å². The van der Waals surface area contributed by atoms with E-state index in [9.17, 15) is 14.9 Å². The third-order valence-corrected chi connectivity index (χ3v) is 6.22. The van der Waals surface area contributed by atoms with E-state index in [-0.39, 0.29) is 22.7 Å². The second-order valence-corrected chi connectivity index (χ2v) is 8.51. The van der Waals surface area contributed by atoms with Crippen LogP contribution in [0.3, 0.4) is 0 Å². The Morgan fingerprint density at radius 2 is 2.00 bits per heavy atom. The maximum atomic E-state index is 13.4. The van der Waals surface area contributed by atoms with Crippen molar-refractivity contribution in [3.05, 3.63) is 86.8 Å². The molecule has 5 rings (SSSR count). The van der Waals surface area contributed by atoms with Crippen LogP contribution >= 0.6 is 0 Å². The Morgan fingerprint density at radius 3 is 2.74 bits per heavy atom. The van der Waals surface area contributed by atoms with Crippen LogP contribution in [0.5, 0.6) is 0 Å². The van der Waals surface area contributed by atoms with Crippen LogP contribution in [0.25, 0.3) is 16.7 Å². The van der Waals surface area contributed by atoms with E-state index in [1.165, 1.54) is 10.5 Å². The van der Waals surface area contributed by atoms with Crippen LogP contribution < -0.4 is 11.0 Å². The number of rotatable bonds is 3. The zero-order valence-electron chi connectivity index (χ0n) is 19.0. The molecule has 0 saturated carbocycles. The Bertz CT molecular complexity index is 1620. The minimum Gasteiger partial charge on any atom is -0.376 e. The van der Waals surface area contributed by atoms with Crippen molar-refractivity contribution < 1.29 is 9.53 Å². The van der Waals surface area contributed by atoms with Crippen molar-refractivity contribution in [3.63, 3.8) is 0 Å². The van der Waals surface area contributed by atoms with Gasteiger partial charge in [-0.2, -0.15) is 10.3 Å². The number of hydrogen-bond acceptors (Lipinski definition) is 5. The number of nitriles is 1. The van der Waals surface area contributed by atoms with Gasteiger partial charge >= 0.3 is 0 Å². The predicted molar refractivity (Wildman–Crippen MR) is 126 cm³/mol. The number of amides is 1. The van der Waals surface area contributed by atoms with E-state index in [1.807, 2.05) is 32.0 Å². The lowest BCUT2D eigenvalue weighted by atomic mass is 10.1. The van der Waals surface area contributed by atoms with E-state index in [0.717, 1.165) is 24.0 Å². The average molecular weight is 454 g/mol. The summed E-state index contributed by atoms with van der Waals surface area (Å²) in [6, 6.07) is 14.5. The molecule has 170 valence electrons. The first-order chi connectivity index (χ1) is 16.5. The molecule has 8 nitrogen and oxygen atoms in total. The van der Waals surface area contributed by atoms with Gasteiger partial charge in [-0.3, -0.25) is 14.0 Å². The third kappa shape index (κ3) is 3.70. The van der Waals surface area contributed by atoms with Gasteiger partial charge in [-0.25, -0.2) is 4.98 Å². The molecule has 8 heteroatoms. The van der Waals surface area contributed by atoms with Gasteiger partial charge in [-0.15, -0.1) is 0 Å². The van der Waals surface area contributed by atoms with Crippen LogP contribution in [-0.4, -0.2) is 32.6 Å². The smallest absolute Gasteiger partial charge is 0.279 e. The lowest BCUT2D eigenvalue weighted by Crippen LogP contribution is -2.33. The molecule has 0 spiro atoms. The normalized spacial score (nSPS) is 16.3. The highest BCUT2D eigenvalue weighted by Crippen LogP contribution is 2.18. The fraction of sp³-hybridized carbons (Fsp3) is 0.269. The van der Waals surface area contributed by atoms with Gasteiger partial charge in [-0.05, 0) is 56.0 Å². The molecule has 3 aromatic heterocycles. The van der Waals surface area contributed by atoms with Crippen LogP contribution in [-0.2, 0) is 11.3 Å². The summed E-state index contributed by atoms with van der Waals surface area (Å²) in [6.45, 7) is 4.70. The zero-order chi connectivity index (χ0) is 23.8. The van der Waals surface area contributed by atoms with Gasteiger partial charge in [0, 0.05) is 18.4 Å². The molecule has 1 amide bonds. The van der Waals surface area contributed by atoms with Gasteiger partial charge in [-0.1, -0.05) is 24.3 Å². The van der Waals surface area contributed by atoms with Crippen molar-refractivity contribution in [1.82, 2.24) is 14.0 Å². The second-order valence-electron chi connectivity index (χ2n) is 8.51. The lowest BCUT2D eigenvalue weighted by Gasteiger charge is -2.17. The van der Waals surface area contributed by atoms with Gasteiger partial charge in [0.15, 0.2) is 5.49 Å². The molecule has 1 atom stereocenters. The number of aryl methyl sites for hydroxylation is 2. The third-order valence-electron chi connectivity index (χ3n) is 6.22. The van der Waals surface area contributed by atoms with E-state index in [1.54, 1.807) is 29.0 Å². The van der Waals surface area contributed by atoms with E-state index in [0.29, 0.717) is 35.4 Å². The topological polar surface area (TPSA) is 102 Å². The minimum absolute atomic E-state index is 0.123. The molecular formula is C26H23N5O3. The quantitative estimate of drug-likeness (QED) is 0.444. The van der Waals surface area contributed by atoms with Gasteiger partial charge in [0.05, 0.1) is 23.6 Å². The van der Waals surface area contributed by atoms with Crippen LogP contribution in [0.4, 0.5) is 0 Å². The molecule has 1 aromatic carbocycles. The van der Waals surface area contributed by atoms with E-state index >= 15 is 0 Å². The van der Waals surface area contributed by atoms with Gasteiger partial charge < -0.3 is 9.30 Å². The molecule has 0 aliphatic carbocycles. The highest BCUT2D eigenvalue weighted by molar-refractivity contribution is 5.96. The monoisotopic (exact) mass is 453 g/mol. The highest BCUT2D eigenvalue weighted by atomic mass is 16.5. The maximum absolute atomic E-state index is 13.4. The fourth-order valence-corrected chi connectivity index (χ4v) is 4.42. The fourth-order valence-electron chi connectivity index (χ4n) is 4.42. The molecule has 4 heterocycles. The van der Waals surface area contributed by atoms with Crippen LogP contribution in [0, 0.1) is 25.2 Å².